The van der Waals surface area contributed by atoms with Crippen LogP contribution in [0.25, 0.3) is 16.9 Å². The van der Waals surface area contributed by atoms with Crippen LogP contribution in [0.3, 0.4) is 0 Å². The number of hydrogen-bond acceptors (Lipinski definition) is 5. The number of ether oxygens (including phenoxy) is 1. The molecule has 0 saturated heterocycles. The van der Waals surface area contributed by atoms with E-state index < -0.39 is 0 Å². The number of benzene rings is 2. The molecule has 6 nitrogen and oxygen atoms in total. The van der Waals surface area contributed by atoms with Crippen molar-refractivity contribution >= 4 is 11.3 Å². The van der Waals surface area contributed by atoms with Gasteiger partial charge in [-0.1, -0.05) is 37.3 Å². The highest BCUT2D eigenvalue weighted by atomic mass is 19.1. The predicted octanol–water partition coefficient (Wildman–Crippen LogP) is 5.20. The minimum absolute atomic E-state index is 0.251. The summed E-state index contributed by atoms with van der Waals surface area (Å²) >= 11 is 0. The predicted molar refractivity (Wildman–Crippen MR) is 120 cm³/mol. The van der Waals surface area contributed by atoms with Gasteiger partial charge < -0.3 is 10.1 Å². The van der Waals surface area contributed by atoms with Crippen molar-refractivity contribution in [3.63, 3.8) is 0 Å². The summed E-state index contributed by atoms with van der Waals surface area (Å²) in [4.78, 5) is 9.53. The Labute approximate surface area is 181 Å². The summed E-state index contributed by atoms with van der Waals surface area (Å²) in [7, 11) is 0. The number of imidazole rings is 1. The number of nitrogens with one attached hydrogen (secondary N) is 1. The van der Waals surface area contributed by atoms with Gasteiger partial charge in [0.2, 0.25) is 0 Å². The molecule has 0 bridgehead atoms. The van der Waals surface area contributed by atoms with E-state index in [4.69, 9.17) is 19.8 Å². The molecule has 7 heteroatoms. The summed E-state index contributed by atoms with van der Waals surface area (Å²) in [6.45, 7) is 6.85. The summed E-state index contributed by atoms with van der Waals surface area (Å²) in [5.74, 6) is 2.49. The smallest absolute Gasteiger partial charge is 0.185 e. The van der Waals surface area contributed by atoms with Gasteiger partial charge in [0.1, 0.15) is 22.9 Å². The van der Waals surface area contributed by atoms with Gasteiger partial charge in [0.15, 0.2) is 11.6 Å². The SMILES string of the molecule is CCCc1nc(C)c2c(NCc3ccccc3F)nc(-c3ccccc3OCC)nn12. The third kappa shape index (κ3) is 4.21. The van der Waals surface area contributed by atoms with E-state index in [-0.39, 0.29) is 5.82 Å². The molecule has 0 aliphatic heterocycles. The number of rotatable bonds is 8. The lowest BCUT2D eigenvalue weighted by Crippen LogP contribution is -2.10. The lowest BCUT2D eigenvalue weighted by atomic mass is 10.2. The molecule has 4 aromatic rings. The normalized spacial score (nSPS) is 11.1. The van der Waals surface area contributed by atoms with Crippen molar-refractivity contribution in [2.24, 2.45) is 0 Å². The van der Waals surface area contributed by atoms with Crippen LogP contribution in [0.2, 0.25) is 0 Å². The molecule has 2 aromatic carbocycles. The average molecular weight is 420 g/mol. The van der Waals surface area contributed by atoms with E-state index in [0.29, 0.717) is 30.4 Å². The Morgan fingerprint density at radius 1 is 1.03 bits per heavy atom. The minimum Gasteiger partial charge on any atom is -0.493 e. The molecule has 0 aliphatic rings. The van der Waals surface area contributed by atoms with Gasteiger partial charge in [-0.3, -0.25) is 0 Å². The van der Waals surface area contributed by atoms with Gasteiger partial charge in [0, 0.05) is 18.5 Å². The quantitative estimate of drug-likeness (QED) is 0.425. The van der Waals surface area contributed by atoms with Gasteiger partial charge in [-0.25, -0.2) is 18.9 Å². The number of aryl methyl sites for hydroxylation is 2. The number of para-hydroxylation sites is 1. The van der Waals surface area contributed by atoms with Crippen LogP contribution in [0, 0.1) is 12.7 Å². The van der Waals surface area contributed by atoms with Gasteiger partial charge in [-0.15, -0.1) is 5.10 Å². The zero-order valence-corrected chi connectivity index (χ0v) is 18.0. The topological polar surface area (TPSA) is 64.3 Å². The number of hydrogen-bond donors (Lipinski definition) is 1. The van der Waals surface area contributed by atoms with Crippen molar-refractivity contribution in [2.75, 3.05) is 11.9 Å². The molecule has 4 rings (SSSR count). The molecule has 31 heavy (non-hydrogen) atoms. The second kappa shape index (κ2) is 9.12. The van der Waals surface area contributed by atoms with E-state index in [0.717, 1.165) is 41.2 Å². The number of nitrogens with zero attached hydrogens (tertiary/aromatic N) is 4. The highest BCUT2D eigenvalue weighted by molar-refractivity contribution is 5.74. The van der Waals surface area contributed by atoms with Crippen LogP contribution in [-0.4, -0.2) is 26.2 Å². The highest BCUT2D eigenvalue weighted by Gasteiger charge is 2.19. The molecule has 1 N–H and O–H groups in total. The first-order valence-corrected chi connectivity index (χ1v) is 10.6. The maximum atomic E-state index is 14.2. The van der Waals surface area contributed by atoms with Crippen molar-refractivity contribution < 1.29 is 9.13 Å². The molecular weight excluding hydrogens is 393 g/mol. The van der Waals surface area contributed by atoms with Crippen LogP contribution < -0.4 is 10.1 Å². The van der Waals surface area contributed by atoms with Crippen LogP contribution in [0.1, 0.15) is 37.4 Å². The molecule has 0 saturated carbocycles. The third-order valence-corrected chi connectivity index (χ3v) is 5.04. The summed E-state index contributed by atoms with van der Waals surface area (Å²) < 4.78 is 21.8. The van der Waals surface area contributed by atoms with Crippen molar-refractivity contribution in [1.29, 1.82) is 0 Å². The number of aromatic nitrogens is 4. The molecule has 0 aliphatic carbocycles. The van der Waals surface area contributed by atoms with Crippen LogP contribution in [0.5, 0.6) is 5.75 Å². The first kappa shape index (κ1) is 20.8. The van der Waals surface area contributed by atoms with Crippen molar-refractivity contribution in [2.45, 2.75) is 40.2 Å². The molecular formula is C24H26FN5O. The fourth-order valence-electron chi connectivity index (χ4n) is 3.61. The average Bonchev–Trinajstić information content (AvgIpc) is 3.09. The standard InChI is InChI=1S/C24H26FN5O/c1-4-10-21-27-16(3)22-24(26-15-17-11-6-8-13-19(17)25)28-23(29-30(21)22)18-12-7-9-14-20(18)31-5-2/h6-9,11-14H,4-5,10,15H2,1-3H3,(H,26,28,29). The fraction of sp³-hybridized carbons (Fsp3) is 0.292. The summed E-state index contributed by atoms with van der Waals surface area (Å²) in [5, 5.41) is 8.12. The molecule has 0 radical (unpaired) electrons. The van der Waals surface area contributed by atoms with Gasteiger partial charge in [0.25, 0.3) is 0 Å². The van der Waals surface area contributed by atoms with Gasteiger partial charge in [0.05, 0.1) is 17.9 Å². The van der Waals surface area contributed by atoms with E-state index in [9.17, 15) is 4.39 Å². The molecule has 0 fully saturated rings. The Kier molecular flexibility index (Phi) is 6.11. The molecule has 2 heterocycles. The van der Waals surface area contributed by atoms with Crippen LogP contribution in [-0.2, 0) is 13.0 Å². The van der Waals surface area contributed by atoms with Crippen molar-refractivity contribution in [1.82, 2.24) is 19.6 Å². The Balaban J connectivity index is 1.84. The Morgan fingerprint density at radius 3 is 2.58 bits per heavy atom. The molecule has 0 atom stereocenters. The minimum atomic E-state index is -0.251. The Morgan fingerprint density at radius 2 is 1.81 bits per heavy atom. The molecule has 0 unspecified atom stereocenters. The highest BCUT2D eigenvalue weighted by Crippen LogP contribution is 2.30. The first-order chi connectivity index (χ1) is 15.1. The van der Waals surface area contributed by atoms with Crippen LogP contribution in [0.4, 0.5) is 10.2 Å². The largest absolute Gasteiger partial charge is 0.493 e. The van der Waals surface area contributed by atoms with Crippen molar-refractivity contribution in [3.05, 3.63) is 71.4 Å². The maximum Gasteiger partial charge on any atom is 0.185 e. The fourth-order valence-corrected chi connectivity index (χ4v) is 3.61. The zero-order valence-electron chi connectivity index (χ0n) is 18.0. The van der Waals surface area contributed by atoms with E-state index in [1.807, 2.05) is 48.7 Å². The summed E-state index contributed by atoms with van der Waals surface area (Å²) in [6.07, 6.45) is 1.75. The molecule has 0 amide bonds. The second-order valence-electron chi connectivity index (χ2n) is 7.28. The lowest BCUT2D eigenvalue weighted by Gasteiger charge is -2.13. The van der Waals surface area contributed by atoms with Crippen LogP contribution >= 0.6 is 0 Å². The molecule has 0 spiro atoms. The number of halogens is 1. The Hall–Kier alpha value is -3.48. The monoisotopic (exact) mass is 419 g/mol. The summed E-state index contributed by atoms with van der Waals surface area (Å²) in [6, 6.07) is 14.4. The van der Waals surface area contributed by atoms with Crippen molar-refractivity contribution in [3.8, 4) is 17.1 Å². The number of anilines is 1. The third-order valence-electron chi connectivity index (χ3n) is 5.04. The first-order valence-electron chi connectivity index (χ1n) is 10.6. The van der Waals surface area contributed by atoms with E-state index >= 15 is 0 Å². The van der Waals surface area contributed by atoms with E-state index in [1.165, 1.54) is 6.07 Å². The van der Waals surface area contributed by atoms with Gasteiger partial charge in [-0.2, -0.15) is 0 Å². The Bertz CT molecular complexity index is 1200. The lowest BCUT2D eigenvalue weighted by molar-refractivity contribution is 0.341. The zero-order chi connectivity index (χ0) is 21.8. The maximum absolute atomic E-state index is 14.2. The molecule has 2 aromatic heterocycles. The molecule has 160 valence electrons. The van der Waals surface area contributed by atoms with E-state index in [1.54, 1.807) is 12.1 Å². The van der Waals surface area contributed by atoms with Gasteiger partial charge >= 0.3 is 0 Å². The summed E-state index contributed by atoms with van der Waals surface area (Å²) in [5.41, 5.74) is 3.01. The second-order valence-corrected chi connectivity index (χ2v) is 7.28. The number of fused-ring (bicyclic) bond motifs is 1. The van der Waals surface area contributed by atoms with E-state index in [2.05, 4.69) is 12.2 Å². The van der Waals surface area contributed by atoms with Gasteiger partial charge in [-0.05, 0) is 38.5 Å². The van der Waals surface area contributed by atoms with Crippen LogP contribution in [0.15, 0.2) is 48.5 Å².